The second-order valence-corrected chi connectivity index (χ2v) is 13.1. The third kappa shape index (κ3) is 5.70. The van der Waals surface area contributed by atoms with E-state index >= 15 is 0 Å². The molecule has 0 radical (unpaired) electrons. The molecule has 0 spiro atoms. The molecule has 7 nitrogen and oxygen atoms in total. The fourth-order valence-electron chi connectivity index (χ4n) is 5.64. The molecule has 0 saturated carbocycles. The van der Waals surface area contributed by atoms with Gasteiger partial charge in [0.25, 0.3) is 0 Å². The van der Waals surface area contributed by atoms with Gasteiger partial charge in [-0.1, -0.05) is 62.7 Å². The van der Waals surface area contributed by atoms with E-state index in [9.17, 15) is 9.59 Å². The summed E-state index contributed by atoms with van der Waals surface area (Å²) in [5.41, 5.74) is 7.10. The number of amides is 2. The Bertz CT molecular complexity index is 1420. The molecule has 3 aromatic rings. The van der Waals surface area contributed by atoms with Crippen molar-refractivity contribution in [3.8, 4) is 5.69 Å². The highest BCUT2D eigenvalue weighted by atomic mass is 32.2. The van der Waals surface area contributed by atoms with Crippen LogP contribution < -0.4 is 10.2 Å². The van der Waals surface area contributed by atoms with E-state index in [1.165, 1.54) is 5.56 Å². The predicted molar refractivity (Wildman–Crippen MR) is 162 cm³/mol. The quantitative estimate of drug-likeness (QED) is 0.427. The van der Waals surface area contributed by atoms with E-state index in [1.807, 2.05) is 10.7 Å². The zero-order valence-corrected chi connectivity index (χ0v) is 25.2. The Labute approximate surface area is 241 Å². The van der Waals surface area contributed by atoms with Crippen molar-refractivity contribution in [2.75, 3.05) is 30.3 Å². The van der Waals surface area contributed by atoms with Crippen LogP contribution in [0, 0.1) is 20.8 Å². The lowest BCUT2D eigenvalue weighted by Gasteiger charge is -2.25. The minimum Gasteiger partial charge on any atom is -0.376 e. The molecule has 5 rings (SSSR count). The van der Waals surface area contributed by atoms with Gasteiger partial charge >= 0.3 is 0 Å². The van der Waals surface area contributed by atoms with Crippen LogP contribution in [-0.4, -0.2) is 53.1 Å². The van der Waals surface area contributed by atoms with Crippen molar-refractivity contribution < 1.29 is 14.3 Å². The first-order valence-electron chi connectivity index (χ1n) is 14.1. The number of nitrogens with one attached hydrogen (secondary N) is 1. The highest BCUT2D eigenvalue weighted by molar-refractivity contribution is 8.00. The van der Waals surface area contributed by atoms with Gasteiger partial charge in [0.05, 0.1) is 28.5 Å². The van der Waals surface area contributed by atoms with Crippen LogP contribution in [0.3, 0.4) is 0 Å². The van der Waals surface area contributed by atoms with Gasteiger partial charge in [-0.3, -0.25) is 14.5 Å². The van der Waals surface area contributed by atoms with Crippen molar-refractivity contribution in [1.29, 1.82) is 0 Å². The maximum absolute atomic E-state index is 13.9. The lowest BCUT2D eigenvalue weighted by atomic mass is 9.86. The van der Waals surface area contributed by atoms with Crippen LogP contribution in [0.15, 0.2) is 42.5 Å². The third-order valence-electron chi connectivity index (χ3n) is 7.70. The molecular formula is C32H40N4O3S. The molecule has 2 aliphatic heterocycles. The minimum absolute atomic E-state index is 0.0357. The SMILES string of the molecule is Cc1ccc(-n2nc(C(C)(C)C)c3c2N(CC(=O)NC[C@@H]2CCCO2)C(=O)CS[C@@H]3c2ccccc2C)c(C)c1. The number of ether oxygens (including phenoxy) is 1. The summed E-state index contributed by atoms with van der Waals surface area (Å²) in [6.45, 7) is 13.9. The minimum atomic E-state index is -0.295. The number of anilines is 1. The van der Waals surface area contributed by atoms with Crippen molar-refractivity contribution in [1.82, 2.24) is 15.1 Å². The first-order chi connectivity index (χ1) is 19.0. The highest BCUT2D eigenvalue weighted by Gasteiger charge is 2.40. The number of carbonyl (C=O) groups is 2. The lowest BCUT2D eigenvalue weighted by Crippen LogP contribution is -2.44. The van der Waals surface area contributed by atoms with E-state index < -0.39 is 0 Å². The maximum atomic E-state index is 13.9. The molecule has 2 atom stereocenters. The van der Waals surface area contributed by atoms with Crippen LogP contribution in [0.1, 0.15) is 72.4 Å². The Morgan fingerprint density at radius 2 is 1.90 bits per heavy atom. The molecule has 1 saturated heterocycles. The average Bonchev–Trinajstić information content (AvgIpc) is 3.53. The van der Waals surface area contributed by atoms with Crippen LogP contribution >= 0.6 is 11.8 Å². The highest BCUT2D eigenvalue weighted by Crippen LogP contribution is 2.49. The smallest absolute Gasteiger partial charge is 0.240 e. The molecule has 1 aromatic heterocycles. The van der Waals surface area contributed by atoms with Gasteiger partial charge in [0, 0.05) is 24.1 Å². The fourth-order valence-corrected chi connectivity index (χ4v) is 6.94. The van der Waals surface area contributed by atoms with Gasteiger partial charge in [0.2, 0.25) is 11.8 Å². The molecule has 3 heterocycles. The van der Waals surface area contributed by atoms with Crippen molar-refractivity contribution in [3.63, 3.8) is 0 Å². The first kappa shape index (κ1) is 28.4. The van der Waals surface area contributed by atoms with Crippen LogP contribution in [0.5, 0.6) is 0 Å². The largest absolute Gasteiger partial charge is 0.376 e. The second kappa shape index (κ2) is 11.4. The lowest BCUT2D eigenvalue weighted by molar-refractivity contribution is -0.123. The van der Waals surface area contributed by atoms with E-state index in [2.05, 4.69) is 83.3 Å². The number of aromatic nitrogens is 2. The molecule has 1 fully saturated rings. The molecule has 2 amide bonds. The number of carbonyl (C=O) groups excluding carboxylic acids is 2. The molecule has 212 valence electrons. The normalized spacial score (nSPS) is 19.4. The van der Waals surface area contributed by atoms with Crippen molar-refractivity contribution in [2.45, 2.75) is 71.2 Å². The molecular weight excluding hydrogens is 520 g/mol. The summed E-state index contributed by atoms with van der Waals surface area (Å²) in [7, 11) is 0. The molecule has 0 unspecified atom stereocenters. The fraction of sp³-hybridized carbons (Fsp3) is 0.469. The number of thioether (sulfide) groups is 1. The Morgan fingerprint density at radius 1 is 1.12 bits per heavy atom. The molecule has 2 aliphatic rings. The first-order valence-corrected chi connectivity index (χ1v) is 15.2. The van der Waals surface area contributed by atoms with E-state index in [1.54, 1.807) is 16.7 Å². The van der Waals surface area contributed by atoms with Crippen LogP contribution in [0.25, 0.3) is 5.69 Å². The Balaban J connectivity index is 1.68. The van der Waals surface area contributed by atoms with E-state index in [0.29, 0.717) is 12.4 Å². The summed E-state index contributed by atoms with van der Waals surface area (Å²) >= 11 is 1.62. The van der Waals surface area contributed by atoms with Gasteiger partial charge in [-0.25, -0.2) is 4.68 Å². The van der Waals surface area contributed by atoms with Crippen LogP contribution in [-0.2, 0) is 19.7 Å². The van der Waals surface area contributed by atoms with Gasteiger partial charge in [-0.2, -0.15) is 5.10 Å². The van der Waals surface area contributed by atoms with E-state index in [4.69, 9.17) is 9.84 Å². The number of hydrogen-bond donors (Lipinski definition) is 1. The number of aryl methyl sites for hydroxylation is 3. The number of fused-ring (bicyclic) bond motifs is 1. The van der Waals surface area contributed by atoms with Gasteiger partial charge in [0.15, 0.2) is 0 Å². The molecule has 0 bridgehead atoms. The third-order valence-corrected chi connectivity index (χ3v) is 8.94. The molecule has 1 N–H and O–H groups in total. The van der Waals surface area contributed by atoms with Crippen LogP contribution in [0.2, 0.25) is 0 Å². The number of nitrogens with zero attached hydrogens (tertiary/aromatic N) is 3. The number of benzene rings is 2. The zero-order chi connectivity index (χ0) is 28.6. The predicted octanol–water partition coefficient (Wildman–Crippen LogP) is 5.56. The van der Waals surface area contributed by atoms with Gasteiger partial charge in [-0.15, -0.1) is 11.8 Å². The molecule has 2 aromatic carbocycles. The average molecular weight is 561 g/mol. The summed E-state index contributed by atoms with van der Waals surface area (Å²) < 4.78 is 7.60. The molecule has 8 heteroatoms. The Kier molecular flexibility index (Phi) is 8.11. The van der Waals surface area contributed by atoms with E-state index in [0.717, 1.165) is 53.1 Å². The maximum Gasteiger partial charge on any atom is 0.240 e. The van der Waals surface area contributed by atoms with Gasteiger partial charge in [-0.05, 0) is 56.4 Å². The number of rotatable bonds is 6. The summed E-state index contributed by atoms with van der Waals surface area (Å²) in [6.07, 6.45) is 1.99. The van der Waals surface area contributed by atoms with Crippen molar-refractivity contribution in [3.05, 3.63) is 76.0 Å². The summed E-state index contributed by atoms with van der Waals surface area (Å²) in [5.74, 6) is 0.664. The number of hydrogen-bond acceptors (Lipinski definition) is 5. The Morgan fingerprint density at radius 3 is 2.58 bits per heavy atom. The second-order valence-electron chi connectivity index (χ2n) is 12.0. The monoisotopic (exact) mass is 560 g/mol. The molecule has 0 aliphatic carbocycles. The van der Waals surface area contributed by atoms with Gasteiger partial charge in [0.1, 0.15) is 12.4 Å². The van der Waals surface area contributed by atoms with Crippen molar-refractivity contribution >= 4 is 29.4 Å². The van der Waals surface area contributed by atoms with E-state index in [-0.39, 0.29) is 40.9 Å². The molecule has 40 heavy (non-hydrogen) atoms. The van der Waals surface area contributed by atoms with Gasteiger partial charge < -0.3 is 10.1 Å². The zero-order valence-electron chi connectivity index (χ0n) is 24.4. The summed E-state index contributed by atoms with van der Waals surface area (Å²) in [4.78, 5) is 28.8. The van der Waals surface area contributed by atoms with Crippen LogP contribution in [0.4, 0.5) is 5.82 Å². The Hall–Kier alpha value is -3.10. The standard InChI is InChI=1S/C32H40N4O3S/c1-20-13-14-25(22(3)16-20)36-31-28(30(34-36)32(4,5)6)29(24-12-8-7-10-21(24)2)40-19-27(38)35(31)18-26(37)33-17-23-11-9-15-39-23/h7-8,10,12-14,16,23,29H,9,11,15,17-19H2,1-6H3,(H,33,37)/t23-,29+/m0/s1. The topological polar surface area (TPSA) is 76.5 Å². The van der Waals surface area contributed by atoms with Crippen molar-refractivity contribution in [2.24, 2.45) is 0 Å². The summed E-state index contributed by atoms with van der Waals surface area (Å²) in [5, 5.41) is 8.14. The summed E-state index contributed by atoms with van der Waals surface area (Å²) in [6, 6.07) is 14.6.